The number of amides is 1. The van der Waals surface area contributed by atoms with Crippen molar-refractivity contribution >= 4 is 11.6 Å². The first-order valence-electron chi connectivity index (χ1n) is 6.86. The molecule has 1 aromatic rings. The Bertz CT molecular complexity index is 464. The van der Waals surface area contributed by atoms with Gasteiger partial charge < -0.3 is 5.32 Å². The third-order valence-electron chi connectivity index (χ3n) is 4.26. The quantitative estimate of drug-likeness (QED) is 0.751. The molecule has 1 amide bonds. The highest BCUT2D eigenvalue weighted by Crippen LogP contribution is 2.42. The summed E-state index contributed by atoms with van der Waals surface area (Å²) in [6.45, 7) is 0. The third-order valence-corrected chi connectivity index (χ3v) is 4.26. The van der Waals surface area contributed by atoms with Crippen LogP contribution in [0.15, 0.2) is 18.2 Å². The summed E-state index contributed by atoms with van der Waals surface area (Å²) in [6.07, 6.45) is 7.10. The van der Waals surface area contributed by atoms with Crippen molar-refractivity contribution in [1.82, 2.24) is 0 Å². The minimum absolute atomic E-state index is 0.0579. The van der Waals surface area contributed by atoms with Crippen LogP contribution in [0, 0.1) is 11.7 Å². The van der Waals surface area contributed by atoms with Gasteiger partial charge in [-0.3, -0.25) is 4.79 Å². The number of hydrogen-bond acceptors (Lipinski definition) is 1. The van der Waals surface area contributed by atoms with Crippen LogP contribution < -0.4 is 5.32 Å². The number of halogens is 1. The Labute approximate surface area is 107 Å². The van der Waals surface area contributed by atoms with Gasteiger partial charge in [-0.25, -0.2) is 4.39 Å². The fourth-order valence-corrected chi connectivity index (χ4v) is 3.37. The molecule has 3 heteroatoms. The molecule has 18 heavy (non-hydrogen) atoms. The van der Waals surface area contributed by atoms with E-state index < -0.39 is 0 Å². The molecule has 1 N–H and O–H groups in total. The second-order valence-corrected chi connectivity index (χ2v) is 5.45. The maximum atomic E-state index is 13.4. The number of nitrogens with one attached hydrogen (secondary N) is 1. The van der Waals surface area contributed by atoms with E-state index in [0.717, 1.165) is 24.1 Å². The zero-order valence-electron chi connectivity index (χ0n) is 10.4. The van der Waals surface area contributed by atoms with E-state index in [4.69, 9.17) is 0 Å². The number of fused-ring (bicyclic) bond motifs is 1. The highest BCUT2D eigenvalue weighted by Gasteiger charge is 2.36. The summed E-state index contributed by atoms with van der Waals surface area (Å²) in [4.78, 5) is 12.1. The minimum atomic E-state index is -0.246. The average Bonchev–Trinajstić information content (AvgIpc) is 2.55. The van der Waals surface area contributed by atoms with Crippen LogP contribution in [-0.2, 0) is 4.79 Å². The molecular formula is C15H18FNO. The SMILES string of the molecule is O=C1Nc2ccc(F)cc2C1C1CCCCCC1. The van der Waals surface area contributed by atoms with Crippen molar-refractivity contribution < 1.29 is 9.18 Å². The molecule has 0 radical (unpaired) electrons. The van der Waals surface area contributed by atoms with Gasteiger partial charge in [-0.2, -0.15) is 0 Å². The summed E-state index contributed by atoms with van der Waals surface area (Å²) in [7, 11) is 0. The van der Waals surface area contributed by atoms with Gasteiger partial charge in [0.05, 0.1) is 5.92 Å². The van der Waals surface area contributed by atoms with Crippen LogP contribution in [0.3, 0.4) is 0 Å². The molecule has 96 valence electrons. The fraction of sp³-hybridized carbons (Fsp3) is 0.533. The zero-order chi connectivity index (χ0) is 12.5. The normalized spacial score (nSPS) is 24.5. The molecule has 1 aliphatic heterocycles. The molecule has 1 aromatic carbocycles. The van der Waals surface area contributed by atoms with Crippen LogP contribution in [0.4, 0.5) is 10.1 Å². The smallest absolute Gasteiger partial charge is 0.232 e. The zero-order valence-corrected chi connectivity index (χ0v) is 10.4. The summed E-state index contributed by atoms with van der Waals surface area (Å²) in [6, 6.07) is 4.62. The van der Waals surface area contributed by atoms with Crippen LogP contribution in [0.25, 0.3) is 0 Å². The van der Waals surface area contributed by atoms with Crippen LogP contribution >= 0.6 is 0 Å². The van der Waals surface area contributed by atoms with Crippen molar-refractivity contribution in [2.24, 2.45) is 5.92 Å². The van der Waals surface area contributed by atoms with Gasteiger partial charge in [-0.05, 0) is 42.5 Å². The second-order valence-electron chi connectivity index (χ2n) is 5.45. The molecule has 0 aromatic heterocycles. The Morgan fingerprint density at radius 1 is 1.11 bits per heavy atom. The molecule has 0 spiro atoms. The monoisotopic (exact) mass is 247 g/mol. The van der Waals surface area contributed by atoms with Crippen molar-refractivity contribution in [2.75, 3.05) is 5.32 Å². The molecule has 0 bridgehead atoms. The standard InChI is InChI=1S/C15H18FNO/c16-11-7-8-13-12(9-11)14(15(18)17-13)10-5-3-1-2-4-6-10/h7-10,14H,1-6H2,(H,17,18). The van der Waals surface area contributed by atoms with Crippen molar-refractivity contribution in [1.29, 1.82) is 0 Å². The highest BCUT2D eigenvalue weighted by atomic mass is 19.1. The van der Waals surface area contributed by atoms with Gasteiger partial charge in [0.2, 0.25) is 5.91 Å². The average molecular weight is 247 g/mol. The largest absolute Gasteiger partial charge is 0.325 e. The van der Waals surface area contributed by atoms with Crippen LogP contribution in [0.1, 0.15) is 50.0 Å². The van der Waals surface area contributed by atoms with Gasteiger partial charge >= 0.3 is 0 Å². The summed E-state index contributed by atoms with van der Waals surface area (Å²) in [5, 5.41) is 2.89. The van der Waals surface area contributed by atoms with Gasteiger partial charge in [0.25, 0.3) is 0 Å². The number of benzene rings is 1. The molecule has 2 aliphatic rings. The number of carbonyl (C=O) groups is 1. The third kappa shape index (κ3) is 2.02. The van der Waals surface area contributed by atoms with E-state index in [1.165, 1.54) is 37.8 Å². The summed E-state index contributed by atoms with van der Waals surface area (Å²) >= 11 is 0. The Morgan fingerprint density at radius 3 is 2.56 bits per heavy atom. The fourth-order valence-electron chi connectivity index (χ4n) is 3.37. The van der Waals surface area contributed by atoms with Gasteiger partial charge in [0.1, 0.15) is 5.82 Å². The Kier molecular flexibility index (Phi) is 3.06. The van der Waals surface area contributed by atoms with E-state index in [2.05, 4.69) is 5.32 Å². The van der Waals surface area contributed by atoms with Crippen molar-refractivity contribution in [2.45, 2.75) is 44.4 Å². The van der Waals surface area contributed by atoms with Crippen molar-refractivity contribution in [3.63, 3.8) is 0 Å². The van der Waals surface area contributed by atoms with E-state index in [0.29, 0.717) is 5.92 Å². The van der Waals surface area contributed by atoms with E-state index >= 15 is 0 Å². The van der Waals surface area contributed by atoms with Crippen LogP contribution in [0.5, 0.6) is 0 Å². The van der Waals surface area contributed by atoms with Crippen LogP contribution in [0.2, 0.25) is 0 Å². The Morgan fingerprint density at radius 2 is 1.83 bits per heavy atom. The van der Waals surface area contributed by atoms with Crippen molar-refractivity contribution in [3.05, 3.63) is 29.6 Å². The van der Waals surface area contributed by atoms with E-state index in [9.17, 15) is 9.18 Å². The number of hydrogen-bond donors (Lipinski definition) is 1. The maximum Gasteiger partial charge on any atom is 0.232 e. The summed E-state index contributed by atoms with van der Waals surface area (Å²) in [5.41, 5.74) is 1.67. The number of anilines is 1. The first-order valence-corrected chi connectivity index (χ1v) is 6.86. The number of rotatable bonds is 1. The van der Waals surface area contributed by atoms with E-state index in [1.807, 2.05) is 0 Å². The lowest BCUT2D eigenvalue weighted by molar-refractivity contribution is -0.118. The van der Waals surface area contributed by atoms with Gasteiger partial charge in [-0.1, -0.05) is 25.7 Å². The van der Waals surface area contributed by atoms with Gasteiger partial charge in [-0.15, -0.1) is 0 Å². The van der Waals surface area contributed by atoms with Gasteiger partial charge in [0.15, 0.2) is 0 Å². The van der Waals surface area contributed by atoms with Crippen molar-refractivity contribution in [3.8, 4) is 0 Å². The molecule has 1 atom stereocenters. The molecule has 1 heterocycles. The summed E-state index contributed by atoms with van der Waals surface area (Å²) < 4.78 is 13.4. The molecule has 2 nitrogen and oxygen atoms in total. The Hall–Kier alpha value is -1.38. The lowest BCUT2D eigenvalue weighted by Gasteiger charge is -2.20. The minimum Gasteiger partial charge on any atom is -0.325 e. The first-order chi connectivity index (χ1) is 8.75. The topological polar surface area (TPSA) is 29.1 Å². The van der Waals surface area contributed by atoms with E-state index in [1.54, 1.807) is 6.07 Å². The lowest BCUT2D eigenvalue weighted by atomic mass is 9.82. The molecule has 1 fully saturated rings. The predicted molar refractivity (Wildman–Crippen MR) is 69.0 cm³/mol. The van der Waals surface area contributed by atoms with E-state index in [-0.39, 0.29) is 17.6 Å². The van der Waals surface area contributed by atoms with Gasteiger partial charge in [0, 0.05) is 5.69 Å². The second kappa shape index (κ2) is 4.71. The first kappa shape index (κ1) is 11.7. The lowest BCUT2D eigenvalue weighted by Crippen LogP contribution is -2.20. The molecule has 3 rings (SSSR count). The molecule has 0 saturated heterocycles. The number of carbonyl (C=O) groups excluding carboxylic acids is 1. The maximum absolute atomic E-state index is 13.4. The molecular weight excluding hydrogens is 229 g/mol. The summed E-state index contributed by atoms with van der Waals surface area (Å²) in [5.74, 6) is 0.0655. The predicted octanol–water partition coefficient (Wildman–Crippen LogP) is 3.83. The molecule has 1 saturated carbocycles. The Balaban J connectivity index is 1.92. The highest BCUT2D eigenvalue weighted by molar-refractivity contribution is 6.03. The molecule has 1 unspecified atom stereocenters. The van der Waals surface area contributed by atoms with Crippen LogP contribution in [-0.4, -0.2) is 5.91 Å². The molecule has 1 aliphatic carbocycles.